The highest BCUT2D eigenvalue weighted by molar-refractivity contribution is 6.32. The fourth-order valence-electron chi connectivity index (χ4n) is 1.08. The van der Waals surface area contributed by atoms with Gasteiger partial charge < -0.3 is 10.4 Å². The Bertz CT molecular complexity index is 354. The topological polar surface area (TPSA) is 49.3 Å². The van der Waals surface area contributed by atoms with Crippen LogP contribution in [0.1, 0.15) is 11.7 Å². The maximum Gasteiger partial charge on any atom is 0.399 e. The van der Waals surface area contributed by atoms with Gasteiger partial charge in [-0.25, -0.2) is 0 Å². The van der Waals surface area contributed by atoms with Gasteiger partial charge in [-0.1, -0.05) is 30.3 Å². The molecule has 0 aliphatic carbocycles. The van der Waals surface area contributed by atoms with E-state index in [-0.39, 0.29) is 6.54 Å². The number of hydrogen-bond donors (Lipinski definition) is 2. The van der Waals surface area contributed by atoms with Crippen LogP contribution in [0.5, 0.6) is 0 Å². The van der Waals surface area contributed by atoms with Gasteiger partial charge in [0.05, 0.1) is 6.10 Å². The van der Waals surface area contributed by atoms with Crippen molar-refractivity contribution in [1.82, 2.24) is 5.32 Å². The number of rotatable bonds is 4. The molecule has 1 rings (SSSR count). The predicted molar refractivity (Wildman–Crippen MR) is 55.2 cm³/mol. The number of aliphatic hydroxyl groups excluding tert-OH is 1. The molecule has 1 amide bonds. The van der Waals surface area contributed by atoms with Crippen molar-refractivity contribution >= 4 is 17.5 Å². The van der Waals surface area contributed by atoms with E-state index in [1.165, 1.54) is 0 Å². The van der Waals surface area contributed by atoms with Crippen molar-refractivity contribution in [1.29, 1.82) is 0 Å². The van der Waals surface area contributed by atoms with Gasteiger partial charge in [0.1, 0.15) is 0 Å². The number of alkyl halides is 3. The largest absolute Gasteiger partial charge is 0.399 e. The molecule has 16 heavy (non-hydrogen) atoms. The molecule has 0 spiro atoms. The van der Waals surface area contributed by atoms with E-state index < -0.39 is 17.4 Å². The first-order chi connectivity index (χ1) is 7.41. The minimum Gasteiger partial charge on any atom is -0.387 e. The van der Waals surface area contributed by atoms with E-state index in [0.717, 1.165) is 0 Å². The monoisotopic (exact) mass is 249 g/mol. The van der Waals surface area contributed by atoms with E-state index in [0.29, 0.717) is 5.56 Å². The minimum atomic E-state index is -3.95. The summed E-state index contributed by atoms with van der Waals surface area (Å²) in [5.41, 5.74) is 0.528. The normalized spacial score (nSPS) is 13.2. The zero-order valence-corrected chi connectivity index (χ0v) is 8.92. The highest BCUT2D eigenvalue weighted by Crippen LogP contribution is 2.19. The molecule has 0 bridgehead atoms. The van der Waals surface area contributed by atoms with Crippen LogP contribution in [0.3, 0.4) is 0 Å². The van der Waals surface area contributed by atoms with Crippen LogP contribution >= 0.6 is 11.6 Å². The number of amides is 1. The van der Waals surface area contributed by atoms with Crippen LogP contribution in [0.25, 0.3) is 0 Å². The summed E-state index contributed by atoms with van der Waals surface area (Å²) < 4.78 is 24.5. The third-order valence-electron chi connectivity index (χ3n) is 1.90. The van der Waals surface area contributed by atoms with Gasteiger partial charge in [-0.15, -0.1) is 0 Å². The fourth-order valence-corrected chi connectivity index (χ4v) is 1.15. The molecule has 1 aromatic rings. The first-order valence-corrected chi connectivity index (χ1v) is 4.87. The van der Waals surface area contributed by atoms with Gasteiger partial charge in [-0.2, -0.15) is 8.78 Å². The SMILES string of the molecule is O=C(NCC(O)c1ccccc1)C(F)(F)Cl. The number of hydrogen-bond acceptors (Lipinski definition) is 2. The van der Waals surface area contributed by atoms with Gasteiger partial charge in [-0.05, 0) is 17.2 Å². The number of carbonyl (C=O) groups excluding carboxylic acids is 1. The molecule has 0 saturated carbocycles. The first kappa shape index (κ1) is 12.9. The summed E-state index contributed by atoms with van der Waals surface area (Å²) in [6, 6.07) is 8.38. The molecule has 3 nitrogen and oxygen atoms in total. The van der Waals surface area contributed by atoms with E-state index >= 15 is 0 Å². The van der Waals surface area contributed by atoms with Crippen LogP contribution < -0.4 is 5.32 Å². The molecule has 0 heterocycles. The lowest BCUT2D eigenvalue weighted by Crippen LogP contribution is -2.38. The second-order valence-electron chi connectivity index (χ2n) is 3.13. The predicted octanol–water partition coefficient (Wildman–Crippen LogP) is 1.67. The lowest BCUT2D eigenvalue weighted by atomic mass is 10.1. The second kappa shape index (κ2) is 5.23. The molecule has 0 radical (unpaired) electrons. The minimum absolute atomic E-state index is 0.314. The third kappa shape index (κ3) is 3.75. The fraction of sp³-hybridized carbons (Fsp3) is 0.300. The number of benzene rings is 1. The van der Waals surface area contributed by atoms with Crippen molar-refractivity contribution in [2.75, 3.05) is 6.54 Å². The Hall–Kier alpha value is -1.20. The summed E-state index contributed by atoms with van der Waals surface area (Å²) in [5.74, 6) is -1.62. The van der Waals surface area contributed by atoms with E-state index in [2.05, 4.69) is 11.6 Å². The maximum atomic E-state index is 12.2. The molecule has 88 valence electrons. The smallest absolute Gasteiger partial charge is 0.387 e. The molecule has 0 aliphatic rings. The van der Waals surface area contributed by atoms with E-state index in [1.807, 2.05) is 5.32 Å². The number of carbonyl (C=O) groups is 1. The van der Waals surface area contributed by atoms with Gasteiger partial charge in [0.15, 0.2) is 0 Å². The van der Waals surface area contributed by atoms with Gasteiger partial charge in [0.25, 0.3) is 0 Å². The Balaban J connectivity index is 2.48. The quantitative estimate of drug-likeness (QED) is 0.798. The van der Waals surface area contributed by atoms with Crippen LogP contribution in [-0.2, 0) is 4.79 Å². The molecule has 6 heteroatoms. The Labute approximate surface area is 96.0 Å². The Morgan fingerprint density at radius 1 is 1.44 bits per heavy atom. The van der Waals surface area contributed by atoms with E-state index in [9.17, 15) is 18.7 Å². The van der Waals surface area contributed by atoms with Gasteiger partial charge >= 0.3 is 11.3 Å². The molecule has 1 unspecified atom stereocenters. The molecule has 2 N–H and O–H groups in total. The molecule has 1 atom stereocenters. The zero-order chi connectivity index (χ0) is 12.2. The second-order valence-corrected chi connectivity index (χ2v) is 3.61. The summed E-state index contributed by atoms with van der Waals surface area (Å²) in [7, 11) is 0. The summed E-state index contributed by atoms with van der Waals surface area (Å²) in [4.78, 5) is 10.7. The molecule has 0 fully saturated rings. The maximum absolute atomic E-state index is 12.2. The van der Waals surface area contributed by atoms with Crippen LogP contribution in [0.2, 0.25) is 0 Å². The highest BCUT2D eigenvalue weighted by Gasteiger charge is 2.35. The summed E-state index contributed by atoms with van der Waals surface area (Å²) in [6.07, 6.45) is -1.04. The molecule has 1 aromatic carbocycles. The lowest BCUT2D eigenvalue weighted by Gasteiger charge is -2.13. The Kier molecular flexibility index (Phi) is 4.20. The third-order valence-corrected chi connectivity index (χ3v) is 2.07. The van der Waals surface area contributed by atoms with Crippen LogP contribution in [0.4, 0.5) is 8.78 Å². The number of nitrogens with one attached hydrogen (secondary N) is 1. The van der Waals surface area contributed by atoms with Crippen LogP contribution in [-0.4, -0.2) is 22.9 Å². The summed E-state index contributed by atoms with van der Waals surface area (Å²) in [6.45, 7) is -0.314. The average Bonchev–Trinajstić information content (AvgIpc) is 2.25. The average molecular weight is 250 g/mol. The van der Waals surface area contributed by atoms with E-state index in [1.54, 1.807) is 30.3 Å². The number of halogens is 3. The van der Waals surface area contributed by atoms with Crippen molar-refractivity contribution in [3.63, 3.8) is 0 Å². The summed E-state index contributed by atoms with van der Waals surface area (Å²) in [5, 5.41) is 7.43. The van der Waals surface area contributed by atoms with E-state index in [4.69, 9.17) is 0 Å². The van der Waals surface area contributed by atoms with Crippen LogP contribution in [0, 0.1) is 0 Å². The van der Waals surface area contributed by atoms with Crippen molar-refractivity contribution in [3.8, 4) is 0 Å². The molecule has 0 aromatic heterocycles. The van der Waals surface area contributed by atoms with Crippen molar-refractivity contribution < 1.29 is 18.7 Å². The Morgan fingerprint density at radius 3 is 2.50 bits per heavy atom. The highest BCUT2D eigenvalue weighted by atomic mass is 35.5. The summed E-state index contributed by atoms with van der Waals surface area (Å²) >= 11 is 4.49. The van der Waals surface area contributed by atoms with Crippen LogP contribution in [0.15, 0.2) is 30.3 Å². The van der Waals surface area contributed by atoms with Gasteiger partial charge in [0, 0.05) is 6.54 Å². The molecular formula is C10H10ClF2NO2. The molecule has 0 saturated heterocycles. The van der Waals surface area contributed by atoms with Crippen molar-refractivity contribution in [3.05, 3.63) is 35.9 Å². The van der Waals surface area contributed by atoms with Gasteiger partial charge in [-0.3, -0.25) is 4.79 Å². The zero-order valence-electron chi connectivity index (χ0n) is 8.16. The first-order valence-electron chi connectivity index (χ1n) is 4.49. The molecule has 0 aliphatic heterocycles. The van der Waals surface area contributed by atoms with Crippen molar-refractivity contribution in [2.24, 2.45) is 0 Å². The Morgan fingerprint density at radius 2 is 2.00 bits per heavy atom. The lowest BCUT2D eigenvalue weighted by molar-refractivity contribution is -0.136. The van der Waals surface area contributed by atoms with Crippen molar-refractivity contribution in [2.45, 2.75) is 11.5 Å². The standard InChI is InChI=1S/C10H10ClF2NO2/c11-10(12,13)9(16)14-6-8(15)7-4-2-1-3-5-7/h1-5,8,15H,6H2,(H,14,16). The molecular weight excluding hydrogens is 240 g/mol. The van der Waals surface area contributed by atoms with Gasteiger partial charge in [0.2, 0.25) is 0 Å². The number of aliphatic hydroxyl groups is 1.